The highest BCUT2D eigenvalue weighted by Crippen LogP contribution is 2.44. The Hall–Kier alpha value is -7.72. The molecule has 0 radical (unpaired) electrons. The van der Waals surface area contributed by atoms with Crippen LogP contribution in [0.25, 0.3) is 91.8 Å². The van der Waals surface area contributed by atoms with Crippen molar-refractivity contribution in [3.05, 3.63) is 231 Å². The minimum atomic E-state index is 1.09. The van der Waals surface area contributed by atoms with E-state index < -0.39 is 0 Å². The van der Waals surface area contributed by atoms with Gasteiger partial charge < -0.3 is 9.47 Å². The van der Waals surface area contributed by atoms with Crippen LogP contribution < -0.4 is 4.90 Å². The number of benzene rings is 10. The molecule has 0 atom stereocenters. The van der Waals surface area contributed by atoms with Gasteiger partial charge in [0.15, 0.2) is 0 Å². The Balaban J connectivity index is 0.978. The molecule has 0 fully saturated rings. The van der Waals surface area contributed by atoms with Crippen molar-refractivity contribution in [1.29, 1.82) is 0 Å². The Bertz CT molecular complexity index is 3520. The standard InChI is InChI=1S/C58H38N2S/c1-2-15-46-41(13-1)14-11-19-47(46)42-29-27-39(28-30-42)40-31-35-44(36-32-40)59(45-37-33-43(34-38-45)48-20-12-21-52-51-18-5-10-26-57(51)61-58(48)52)55-24-8-9-25-56(55)60-53-22-6-3-16-49(53)50-17-4-7-23-54(50)60/h1-38H. The van der Waals surface area contributed by atoms with Crippen molar-refractivity contribution in [2.24, 2.45) is 0 Å². The van der Waals surface area contributed by atoms with Crippen LogP contribution in [-0.2, 0) is 0 Å². The zero-order valence-electron chi connectivity index (χ0n) is 33.2. The van der Waals surface area contributed by atoms with Gasteiger partial charge in [0.25, 0.3) is 0 Å². The minimum Gasteiger partial charge on any atom is -0.308 e. The number of hydrogen-bond acceptors (Lipinski definition) is 2. The molecule has 0 spiro atoms. The molecule has 2 aromatic heterocycles. The second kappa shape index (κ2) is 14.5. The van der Waals surface area contributed by atoms with Crippen molar-refractivity contribution >= 4 is 81.1 Å². The Kier molecular flexibility index (Phi) is 8.39. The van der Waals surface area contributed by atoms with Crippen LogP contribution >= 0.6 is 11.3 Å². The summed E-state index contributed by atoms with van der Waals surface area (Å²) in [5, 5.41) is 7.65. The molecular formula is C58H38N2S. The highest BCUT2D eigenvalue weighted by molar-refractivity contribution is 7.26. The molecule has 0 saturated heterocycles. The average molecular weight is 795 g/mol. The number of hydrogen-bond donors (Lipinski definition) is 0. The average Bonchev–Trinajstić information content (AvgIpc) is 3.88. The van der Waals surface area contributed by atoms with Crippen LogP contribution in [0.2, 0.25) is 0 Å². The summed E-state index contributed by atoms with van der Waals surface area (Å²) in [5.41, 5.74) is 14.1. The maximum Gasteiger partial charge on any atom is 0.0702 e. The fourth-order valence-corrected chi connectivity index (χ4v) is 10.6. The predicted octanol–water partition coefficient (Wildman–Crippen LogP) is 16.8. The van der Waals surface area contributed by atoms with E-state index in [2.05, 4.69) is 240 Å². The fraction of sp³-hybridized carbons (Fsp3) is 0. The van der Waals surface area contributed by atoms with E-state index in [4.69, 9.17) is 0 Å². The Labute approximate surface area is 358 Å². The van der Waals surface area contributed by atoms with Gasteiger partial charge in [0.2, 0.25) is 0 Å². The van der Waals surface area contributed by atoms with Gasteiger partial charge in [-0.05, 0) is 98.8 Å². The van der Waals surface area contributed by atoms with Gasteiger partial charge in [0.1, 0.15) is 0 Å². The predicted molar refractivity (Wildman–Crippen MR) is 262 cm³/mol. The summed E-state index contributed by atoms with van der Waals surface area (Å²) in [6, 6.07) is 84.1. The molecule has 0 unspecified atom stereocenters. The van der Waals surface area contributed by atoms with Crippen LogP contribution in [0.1, 0.15) is 0 Å². The van der Waals surface area contributed by atoms with E-state index in [9.17, 15) is 0 Å². The summed E-state index contributed by atoms with van der Waals surface area (Å²) in [7, 11) is 0. The second-order valence-electron chi connectivity index (χ2n) is 15.7. The summed E-state index contributed by atoms with van der Waals surface area (Å²) >= 11 is 1.88. The largest absolute Gasteiger partial charge is 0.308 e. The lowest BCUT2D eigenvalue weighted by molar-refractivity contribution is 1.15. The molecule has 12 aromatic rings. The number of nitrogens with zero attached hydrogens (tertiary/aromatic N) is 2. The Morgan fingerprint density at radius 2 is 0.803 bits per heavy atom. The minimum absolute atomic E-state index is 1.09. The molecule has 0 amide bonds. The van der Waals surface area contributed by atoms with Crippen molar-refractivity contribution in [2.75, 3.05) is 4.90 Å². The zero-order chi connectivity index (χ0) is 40.3. The van der Waals surface area contributed by atoms with Crippen LogP contribution in [0.15, 0.2) is 231 Å². The number of aromatic nitrogens is 1. The van der Waals surface area contributed by atoms with Crippen molar-refractivity contribution in [1.82, 2.24) is 4.57 Å². The summed E-state index contributed by atoms with van der Waals surface area (Å²) in [4.78, 5) is 2.41. The molecular weight excluding hydrogens is 757 g/mol. The molecule has 0 N–H and O–H groups in total. The molecule has 3 heteroatoms. The highest BCUT2D eigenvalue weighted by Gasteiger charge is 2.21. The maximum absolute atomic E-state index is 2.43. The summed E-state index contributed by atoms with van der Waals surface area (Å²) in [6.07, 6.45) is 0. The van der Waals surface area contributed by atoms with E-state index in [1.54, 1.807) is 0 Å². The molecule has 2 nitrogen and oxygen atoms in total. The number of fused-ring (bicyclic) bond motifs is 7. The van der Waals surface area contributed by atoms with Crippen molar-refractivity contribution in [3.8, 4) is 39.1 Å². The molecule has 10 aromatic carbocycles. The van der Waals surface area contributed by atoms with Gasteiger partial charge in [-0.25, -0.2) is 0 Å². The first-order chi connectivity index (χ1) is 30.3. The molecule has 61 heavy (non-hydrogen) atoms. The molecule has 0 aliphatic rings. The lowest BCUT2D eigenvalue weighted by atomic mass is 9.96. The number of rotatable bonds is 7. The Morgan fingerprint density at radius 3 is 1.52 bits per heavy atom. The van der Waals surface area contributed by atoms with E-state index in [-0.39, 0.29) is 0 Å². The Morgan fingerprint density at radius 1 is 0.328 bits per heavy atom. The third kappa shape index (κ3) is 5.93. The molecule has 2 heterocycles. The van der Waals surface area contributed by atoms with Crippen LogP contribution in [0.3, 0.4) is 0 Å². The third-order valence-electron chi connectivity index (χ3n) is 12.2. The number of thiophene rings is 1. The van der Waals surface area contributed by atoms with E-state index >= 15 is 0 Å². The first-order valence-corrected chi connectivity index (χ1v) is 21.7. The summed E-state index contributed by atoms with van der Waals surface area (Å²) in [5.74, 6) is 0. The first-order valence-electron chi connectivity index (χ1n) is 20.8. The van der Waals surface area contributed by atoms with Gasteiger partial charge >= 0.3 is 0 Å². The van der Waals surface area contributed by atoms with E-state index in [0.29, 0.717) is 0 Å². The van der Waals surface area contributed by atoms with Gasteiger partial charge in [-0.1, -0.05) is 176 Å². The fourth-order valence-electron chi connectivity index (χ4n) is 9.34. The number of para-hydroxylation sites is 4. The molecule has 0 aliphatic carbocycles. The second-order valence-corrected chi connectivity index (χ2v) is 16.7. The third-order valence-corrected chi connectivity index (χ3v) is 13.4. The van der Waals surface area contributed by atoms with Gasteiger partial charge in [0, 0.05) is 42.3 Å². The van der Waals surface area contributed by atoms with E-state index in [1.165, 1.54) is 86.1 Å². The van der Waals surface area contributed by atoms with Crippen molar-refractivity contribution < 1.29 is 0 Å². The monoisotopic (exact) mass is 794 g/mol. The van der Waals surface area contributed by atoms with Gasteiger partial charge in [-0.15, -0.1) is 11.3 Å². The van der Waals surface area contributed by atoms with Crippen molar-refractivity contribution in [3.63, 3.8) is 0 Å². The lowest BCUT2D eigenvalue weighted by Crippen LogP contribution is -2.13. The number of anilines is 3. The van der Waals surface area contributed by atoms with Crippen LogP contribution in [-0.4, -0.2) is 4.57 Å². The molecule has 0 aliphatic heterocycles. The van der Waals surface area contributed by atoms with Gasteiger partial charge in [-0.2, -0.15) is 0 Å². The SMILES string of the molecule is c1ccc(-n2c3ccccc3c3ccccc32)c(N(c2ccc(-c3ccc(-c4cccc5ccccc45)cc3)cc2)c2ccc(-c3cccc4c3sc3ccccc34)cc2)c1. The highest BCUT2D eigenvalue weighted by atomic mass is 32.1. The van der Waals surface area contributed by atoms with Crippen LogP contribution in [0.5, 0.6) is 0 Å². The molecule has 286 valence electrons. The topological polar surface area (TPSA) is 8.17 Å². The lowest BCUT2D eigenvalue weighted by Gasteiger charge is -2.28. The van der Waals surface area contributed by atoms with Crippen LogP contribution in [0, 0.1) is 0 Å². The molecule has 0 saturated carbocycles. The molecule has 12 rings (SSSR count). The van der Waals surface area contributed by atoms with Crippen molar-refractivity contribution in [2.45, 2.75) is 0 Å². The van der Waals surface area contributed by atoms with Gasteiger partial charge in [0.05, 0.1) is 22.4 Å². The van der Waals surface area contributed by atoms with Gasteiger partial charge in [-0.3, -0.25) is 0 Å². The first kappa shape index (κ1) is 35.2. The zero-order valence-corrected chi connectivity index (χ0v) is 34.1. The normalized spacial score (nSPS) is 11.6. The smallest absolute Gasteiger partial charge is 0.0702 e. The maximum atomic E-state index is 2.43. The van der Waals surface area contributed by atoms with E-state index in [0.717, 1.165) is 22.7 Å². The van der Waals surface area contributed by atoms with Crippen LogP contribution in [0.4, 0.5) is 17.1 Å². The quantitative estimate of drug-likeness (QED) is 0.156. The van der Waals surface area contributed by atoms with E-state index in [1.807, 2.05) is 11.3 Å². The molecule has 0 bridgehead atoms. The summed E-state index contributed by atoms with van der Waals surface area (Å²) < 4.78 is 5.07. The summed E-state index contributed by atoms with van der Waals surface area (Å²) in [6.45, 7) is 0.